The van der Waals surface area contributed by atoms with Crippen LogP contribution in [0.3, 0.4) is 0 Å². The van der Waals surface area contributed by atoms with Crippen LogP contribution in [-0.2, 0) is 5.75 Å². The van der Waals surface area contributed by atoms with Crippen molar-refractivity contribution in [2.45, 2.75) is 17.9 Å². The van der Waals surface area contributed by atoms with Gasteiger partial charge in [0, 0.05) is 17.5 Å². The molecule has 1 unspecified atom stereocenters. The molecule has 3 heteroatoms. The zero-order valence-corrected chi connectivity index (χ0v) is 11.6. The number of hydrogen-bond donors (Lipinski definition) is 1. The van der Waals surface area contributed by atoms with Gasteiger partial charge in [0.25, 0.3) is 0 Å². The van der Waals surface area contributed by atoms with Crippen LogP contribution >= 0.6 is 23.1 Å². The van der Waals surface area contributed by atoms with Gasteiger partial charge in [0.2, 0.25) is 0 Å². The average molecular weight is 263 g/mol. The molecule has 0 aliphatic carbocycles. The third kappa shape index (κ3) is 3.60. The molecule has 0 bridgehead atoms. The molecule has 2 N–H and O–H groups in total. The summed E-state index contributed by atoms with van der Waals surface area (Å²) in [5.41, 5.74) is 9.90. The lowest BCUT2D eigenvalue weighted by molar-refractivity contribution is 0.945. The van der Waals surface area contributed by atoms with Crippen molar-refractivity contribution >= 4 is 23.1 Å². The van der Waals surface area contributed by atoms with Crippen LogP contribution in [-0.4, -0.2) is 6.54 Å². The summed E-state index contributed by atoms with van der Waals surface area (Å²) in [6.07, 6.45) is 0. The predicted octanol–water partition coefficient (Wildman–Crippen LogP) is 3.99. The summed E-state index contributed by atoms with van der Waals surface area (Å²) in [4.78, 5) is 0. The van der Waals surface area contributed by atoms with Crippen molar-refractivity contribution in [2.75, 3.05) is 6.54 Å². The lowest BCUT2D eigenvalue weighted by atomic mass is 10.2. The quantitative estimate of drug-likeness (QED) is 0.882. The Kier molecular flexibility index (Phi) is 4.66. The standard InChI is InChI=1S/C14H17NS2/c1-11-3-2-4-12(7-11)9-17-14(8-15)13-5-6-16-10-13/h2-7,10,14H,8-9,15H2,1H3. The number of hydrogen-bond acceptors (Lipinski definition) is 3. The molecule has 0 radical (unpaired) electrons. The zero-order chi connectivity index (χ0) is 12.1. The van der Waals surface area contributed by atoms with Gasteiger partial charge in [-0.15, -0.1) is 11.8 Å². The van der Waals surface area contributed by atoms with Crippen molar-refractivity contribution in [1.29, 1.82) is 0 Å². The highest BCUT2D eigenvalue weighted by Gasteiger charge is 2.10. The van der Waals surface area contributed by atoms with E-state index in [1.54, 1.807) is 11.3 Å². The van der Waals surface area contributed by atoms with Crippen LogP contribution in [0.5, 0.6) is 0 Å². The Hall–Kier alpha value is -0.770. The normalized spacial score (nSPS) is 12.6. The molecule has 1 heterocycles. The fraction of sp³-hybridized carbons (Fsp3) is 0.286. The van der Waals surface area contributed by atoms with E-state index in [2.05, 4.69) is 48.0 Å². The Morgan fingerprint density at radius 2 is 2.24 bits per heavy atom. The number of rotatable bonds is 5. The zero-order valence-electron chi connectivity index (χ0n) is 9.93. The average Bonchev–Trinajstić information content (AvgIpc) is 2.84. The molecule has 0 aliphatic rings. The molecule has 90 valence electrons. The monoisotopic (exact) mass is 263 g/mol. The molecular weight excluding hydrogens is 246 g/mol. The van der Waals surface area contributed by atoms with E-state index in [1.165, 1.54) is 16.7 Å². The summed E-state index contributed by atoms with van der Waals surface area (Å²) in [7, 11) is 0. The molecule has 17 heavy (non-hydrogen) atoms. The van der Waals surface area contributed by atoms with E-state index < -0.39 is 0 Å². The van der Waals surface area contributed by atoms with Crippen LogP contribution < -0.4 is 5.73 Å². The van der Waals surface area contributed by atoms with Crippen molar-refractivity contribution in [3.8, 4) is 0 Å². The molecule has 2 rings (SSSR count). The highest BCUT2D eigenvalue weighted by atomic mass is 32.2. The summed E-state index contributed by atoms with van der Waals surface area (Å²) in [6.45, 7) is 2.83. The highest BCUT2D eigenvalue weighted by Crippen LogP contribution is 2.31. The summed E-state index contributed by atoms with van der Waals surface area (Å²) < 4.78 is 0. The van der Waals surface area contributed by atoms with Crippen LogP contribution in [0.15, 0.2) is 41.1 Å². The lowest BCUT2D eigenvalue weighted by Crippen LogP contribution is -2.08. The minimum atomic E-state index is 0.418. The summed E-state index contributed by atoms with van der Waals surface area (Å²) in [5.74, 6) is 1.03. The first-order valence-electron chi connectivity index (χ1n) is 5.69. The Balaban J connectivity index is 1.97. The molecule has 0 aliphatic heterocycles. The number of nitrogens with two attached hydrogens (primary N) is 1. The van der Waals surface area contributed by atoms with Crippen LogP contribution in [0.1, 0.15) is 21.9 Å². The molecule has 0 saturated heterocycles. The van der Waals surface area contributed by atoms with Crippen LogP contribution in [0.4, 0.5) is 0 Å². The van der Waals surface area contributed by atoms with Gasteiger partial charge >= 0.3 is 0 Å². The van der Waals surface area contributed by atoms with E-state index in [1.807, 2.05) is 11.8 Å². The van der Waals surface area contributed by atoms with Crippen LogP contribution in [0, 0.1) is 6.92 Å². The molecule has 0 amide bonds. The van der Waals surface area contributed by atoms with E-state index in [9.17, 15) is 0 Å². The van der Waals surface area contributed by atoms with E-state index in [4.69, 9.17) is 5.73 Å². The van der Waals surface area contributed by atoms with Gasteiger partial charge in [-0.25, -0.2) is 0 Å². The second-order valence-corrected chi connectivity index (χ2v) is 6.05. The minimum Gasteiger partial charge on any atom is -0.329 e. The molecular formula is C14H17NS2. The molecule has 0 saturated carbocycles. The number of benzene rings is 1. The fourth-order valence-electron chi connectivity index (χ4n) is 1.76. The molecule has 1 atom stereocenters. The Bertz CT molecular complexity index is 451. The van der Waals surface area contributed by atoms with E-state index in [0.29, 0.717) is 11.8 Å². The first-order valence-corrected chi connectivity index (χ1v) is 7.68. The van der Waals surface area contributed by atoms with Crippen molar-refractivity contribution in [1.82, 2.24) is 0 Å². The van der Waals surface area contributed by atoms with Gasteiger partial charge in [-0.1, -0.05) is 29.8 Å². The third-order valence-corrected chi connectivity index (χ3v) is 4.73. The minimum absolute atomic E-state index is 0.418. The van der Waals surface area contributed by atoms with Gasteiger partial charge in [-0.2, -0.15) is 11.3 Å². The van der Waals surface area contributed by atoms with Gasteiger partial charge in [0.1, 0.15) is 0 Å². The summed E-state index contributed by atoms with van der Waals surface area (Å²) in [6, 6.07) is 10.8. The maximum atomic E-state index is 5.84. The van der Waals surface area contributed by atoms with Crippen molar-refractivity contribution in [2.24, 2.45) is 5.73 Å². The smallest absolute Gasteiger partial charge is 0.0431 e. The van der Waals surface area contributed by atoms with Gasteiger partial charge in [0.05, 0.1) is 0 Å². The summed E-state index contributed by atoms with van der Waals surface area (Å²) in [5, 5.41) is 4.73. The second-order valence-electron chi connectivity index (χ2n) is 4.08. The third-order valence-electron chi connectivity index (χ3n) is 2.66. The number of thiophene rings is 1. The SMILES string of the molecule is Cc1cccc(CSC(CN)c2ccsc2)c1. The van der Waals surface area contributed by atoms with Gasteiger partial charge in [0.15, 0.2) is 0 Å². The topological polar surface area (TPSA) is 26.0 Å². The van der Waals surface area contributed by atoms with Crippen molar-refractivity contribution in [3.05, 3.63) is 57.8 Å². The number of aryl methyl sites for hydroxylation is 1. The Labute approximate surface area is 111 Å². The number of thioether (sulfide) groups is 1. The van der Waals surface area contributed by atoms with E-state index in [0.717, 1.165) is 5.75 Å². The lowest BCUT2D eigenvalue weighted by Gasteiger charge is -2.13. The van der Waals surface area contributed by atoms with Crippen LogP contribution in [0.2, 0.25) is 0 Å². The van der Waals surface area contributed by atoms with E-state index in [-0.39, 0.29) is 0 Å². The Morgan fingerprint density at radius 3 is 2.88 bits per heavy atom. The molecule has 1 aromatic heterocycles. The molecule has 1 nitrogen and oxygen atoms in total. The molecule has 2 aromatic rings. The molecule has 1 aromatic carbocycles. The van der Waals surface area contributed by atoms with Gasteiger partial charge in [-0.3, -0.25) is 0 Å². The molecule has 0 spiro atoms. The highest BCUT2D eigenvalue weighted by molar-refractivity contribution is 7.98. The molecule has 0 fully saturated rings. The fourth-order valence-corrected chi connectivity index (χ4v) is 3.61. The van der Waals surface area contributed by atoms with Gasteiger partial charge < -0.3 is 5.73 Å². The Morgan fingerprint density at radius 1 is 1.35 bits per heavy atom. The first-order chi connectivity index (χ1) is 8.29. The second kappa shape index (κ2) is 6.24. The largest absolute Gasteiger partial charge is 0.329 e. The van der Waals surface area contributed by atoms with Crippen LogP contribution in [0.25, 0.3) is 0 Å². The van der Waals surface area contributed by atoms with Crippen molar-refractivity contribution < 1.29 is 0 Å². The van der Waals surface area contributed by atoms with Crippen molar-refractivity contribution in [3.63, 3.8) is 0 Å². The predicted molar refractivity (Wildman–Crippen MR) is 78.6 cm³/mol. The maximum Gasteiger partial charge on any atom is 0.0431 e. The first kappa shape index (κ1) is 12.7. The summed E-state index contributed by atoms with van der Waals surface area (Å²) >= 11 is 3.66. The maximum absolute atomic E-state index is 5.84. The van der Waals surface area contributed by atoms with Gasteiger partial charge in [-0.05, 0) is 34.9 Å². The van der Waals surface area contributed by atoms with E-state index >= 15 is 0 Å².